The van der Waals surface area contributed by atoms with Gasteiger partial charge in [-0.05, 0) is 48.9 Å². The minimum absolute atomic E-state index is 0.203. The van der Waals surface area contributed by atoms with Gasteiger partial charge in [-0.2, -0.15) is 0 Å². The fraction of sp³-hybridized carbons (Fsp3) is 0.0476. The van der Waals surface area contributed by atoms with Crippen LogP contribution in [0.15, 0.2) is 71.4 Å². The molecule has 0 aliphatic heterocycles. The molecule has 4 aromatic rings. The molecule has 2 heterocycles. The van der Waals surface area contributed by atoms with E-state index in [1.807, 2.05) is 43.3 Å². The number of aromatic nitrogens is 1. The highest BCUT2D eigenvalue weighted by Crippen LogP contribution is 2.34. The van der Waals surface area contributed by atoms with Crippen LogP contribution >= 0.6 is 11.3 Å². The summed E-state index contributed by atoms with van der Waals surface area (Å²) in [4.78, 5) is 16.9. The van der Waals surface area contributed by atoms with Gasteiger partial charge in [0, 0.05) is 17.3 Å². The maximum atomic E-state index is 12.2. The summed E-state index contributed by atoms with van der Waals surface area (Å²) >= 11 is 1.65. The second-order valence-corrected chi connectivity index (χ2v) is 6.83. The zero-order chi connectivity index (χ0) is 17.9. The summed E-state index contributed by atoms with van der Waals surface area (Å²) in [5.41, 5.74) is 3.78. The van der Waals surface area contributed by atoms with Crippen LogP contribution in [0.3, 0.4) is 0 Å². The summed E-state index contributed by atoms with van der Waals surface area (Å²) in [6.45, 7) is 1.99. The number of furan rings is 1. The molecule has 128 valence electrons. The summed E-state index contributed by atoms with van der Waals surface area (Å²) < 4.78 is 6.34. The number of anilines is 1. The molecule has 0 bridgehead atoms. The van der Waals surface area contributed by atoms with Gasteiger partial charge in [0.15, 0.2) is 0 Å². The lowest BCUT2D eigenvalue weighted by atomic mass is 10.1. The van der Waals surface area contributed by atoms with E-state index in [2.05, 4.69) is 11.4 Å². The number of thiazole rings is 1. The molecule has 0 fully saturated rings. The molecule has 0 aliphatic carbocycles. The van der Waals surface area contributed by atoms with Crippen molar-refractivity contribution in [2.75, 3.05) is 5.32 Å². The quantitative estimate of drug-likeness (QED) is 0.488. The predicted molar refractivity (Wildman–Crippen MR) is 106 cm³/mol. The van der Waals surface area contributed by atoms with Crippen LogP contribution < -0.4 is 5.32 Å². The van der Waals surface area contributed by atoms with Crippen LogP contribution in [0.2, 0.25) is 0 Å². The summed E-state index contributed by atoms with van der Waals surface area (Å²) in [5, 5.41) is 3.88. The van der Waals surface area contributed by atoms with Crippen molar-refractivity contribution in [3.63, 3.8) is 0 Å². The standard InChI is InChI=1S/C21H16N2O2S/c1-14-16(21-23-18-8-2-3-10-19(18)26-21)7-4-9-17(14)22-20(24)12-11-15-6-5-13-25-15/h2-13H,1H3,(H,22,24)/b12-11+. The summed E-state index contributed by atoms with van der Waals surface area (Å²) in [7, 11) is 0. The van der Waals surface area contributed by atoms with Gasteiger partial charge in [0.2, 0.25) is 5.91 Å². The highest BCUT2D eigenvalue weighted by atomic mass is 32.1. The average molecular weight is 360 g/mol. The van der Waals surface area contributed by atoms with E-state index >= 15 is 0 Å². The molecule has 1 amide bonds. The van der Waals surface area contributed by atoms with Crippen molar-refractivity contribution in [1.82, 2.24) is 4.98 Å². The molecular formula is C21H16N2O2S. The summed E-state index contributed by atoms with van der Waals surface area (Å²) in [6, 6.07) is 17.5. The van der Waals surface area contributed by atoms with E-state index in [0.29, 0.717) is 5.76 Å². The van der Waals surface area contributed by atoms with Gasteiger partial charge in [0.05, 0.1) is 16.5 Å². The Morgan fingerprint density at radius 3 is 2.81 bits per heavy atom. The molecule has 2 aromatic carbocycles. The van der Waals surface area contributed by atoms with Crippen LogP contribution in [0.4, 0.5) is 5.69 Å². The predicted octanol–water partition coefficient (Wildman–Crippen LogP) is 5.52. The maximum absolute atomic E-state index is 12.2. The third-order valence-corrected chi connectivity index (χ3v) is 5.13. The van der Waals surface area contributed by atoms with Gasteiger partial charge in [-0.25, -0.2) is 4.98 Å². The molecule has 0 saturated carbocycles. The number of nitrogens with one attached hydrogen (secondary N) is 1. The van der Waals surface area contributed by atoms with Crippen LogP contribution in [0, 0.1) is 6.92 Å². The van der Waals surface area contributed by atoms with Crippen molar-refractivity contribution in [2.24, 2.45) is 0 Å². The molecule has 0 atom stereocenters. The van der Waals surface area contributed by atoms with E-state index in [-0.39, 0.29) is 5.91 Å². The Labute approximate surface area is 154 Å². The van der Waals surface area contributed by atoms with Gasteiger partial charge in [-0.1, -0.05) is 24.3 Å². The van der Waals surface area contributed by atoms with Crippen molar-refractivity contribution in [2.45, 2.75) is 6.92 Å². The lowest BCUT2D eigenvalue weighted by molar-refractivity contribution is -0.111. The maximum Gasteiger partial charge on any atom is 0.248 e. The van der Waals surface area contributed by atoms with E-state index in [9.17, 15) is 4.79 Å². The largest absolute Gasteiger partial charge is 0.465 e. The first-order valence-electron chi connectivity index (χ1n) is 8.19. The van der Waals surface area contributed by atoms with Gasteiger partial charge in [-0.15, -0.1) is 11.3 Å². The highest BCUT2D eigenvalue weighted by Gasteiger charge is 2.12. The first kappa shape index (κ1) is 16.3. The topological polar surface area (TPSA) is 55.1 Å². The SMILES string of the molecule is Cc1c(NC(=O)/C=C/c2ccco2)cccc1-c1nc2ccccc2s1. The molecule has 0 spiro atoms. The zero-order valence-electron chi connectivity index (χ0n) is 14.1. The first-order chi connectivity index (χ1) is 12.7. The van der Waals surface area contributed by atoms with Gasteiger partial charge in [-0.3, -0.25) is 4.79 Å². The van der Waals surface area contributed by atoms with E-state index < -0.39 is 0 Å². The Kier molecular flexibility index (Phi) is 4.37. The first-order valence-corrected chi connectivity index (χ1v) is 9.00. The Hall–Kier alpha value is -3.18. The van der Waals surface area contributed by atoms with Crippen LogP contribution in [0.25, 0.3) is 26.9 Å². The Balaban J connectivity index is 1.60. The Morgan fingerprint density at radius 1 is 1.12 bits per heavy atom. The minimum Gasteiger partial charge on any atom is -0.465 e. The van der Waals surface area contributed by atoms with E-state index in [0.717, 1.165) is 32.0 Å². The number of amides is 1. The number of fused-ring (bicyclic) bond motifs is 1. The highest BCUT2D eigenvalue weighted by molar-refractivity contribution is 7.21. The molecular weight excluding hydrogens is 344 g/mol. The number of carbonyl (C=O) groups excluding carboxylic acids is 1. The molecule has 0 unspecified atom stereocenters. The number of hydrogen-bond acceptors (Lipinski definition) is 4. The van der Waals surface area contributed by atoms with Gasteiger partial charge < -0.3 is 9.73 Å². The number of nitrogens with zero attached hydrogens (tertiary/aromatic N) is 1. The summed E-state index contributed by atoms with van der Waals surface area (Å²) in [5.74, 6) is 0.436. The van der Waals surface area contributed by atoms with Crippen LogP contribution in [0.5, 0.6) is 0 Å². The second-order valence-electron chi connectivity index (χ2n) is 5.80. The molecule has 5 heteroatoms. The van der Waals surface area contributed by atoms with Gasteiger partial charge in [0.1, 0.15) is 10.8 Å². The summed E-state index contributed by atoms with van der Waals surface area (Å²) in [6.07, 6.45) is 4.67. The number of benzene rings is 2. The number of rotatable bonds is 4. The fourth-order valence-corrected chi connectivity index (χ4v) is 3.76. The number of para-hydroxylation sites is 1. The third-order valence-electron chi connectivity index (χ3n) is 4.06. The lowest BCUT2D eigenvalue weighted by Crippen LogP contribution is -2.09. The van der Waals surface area contributed by atoms with Crippen molar-refractivity contribution in [3.05, 3.63) is 78.3 Å². The zero-order valence-corrected chi connectivity index (χ0v) is 14.9. The van der Waals surface area contributed by atoms with Crippen molar-refractivity contribution >= 4 is 39.2 Å². The van der Waals surface area contributed by atoms with E-state index in [1.54, 1.807) is 35.8 Å². The van der Waals surface area contributed by atoms with Crippen molar-refractivity contribution in [1.29, 1.82) is 0 Å². The average Bonchev–Trinajstić information content (AvgIpc) is 3.31. The van der Waals surface area contributed by atoms with E-state index in [1.165, 1.54) is 6.08 Å². The Morgan fingerprint density at radius 2 is 2.00 bits per heavy atom. The Bertz CT molecular complexity index is 1060. The lowest BCUT2D eigenvalue weighted by Gasteiger charge is -2.09. The smallest absolute Gasteiger partial charge is 0.248 e. The molecule has 4 nitrogen and oxygen atoms in total. The number of hydrogen-bond donors (Lipinski definition) is 1. The third kappa shape index (κ3) is 3.30. The number of carbonyl (C=O) groups is 1. The molecule has 4 rings (SSSR count). The minimum atomic E-state index is -0.203. The molecule has 0 aliphatic rings. The van der Waals surface area contributed by atoms with Crippen molar-refractivity contribution in [3.8, 4) is 10.6 Å². The molecule has 0 saturated heterocycles. The van der Waals surface area contributed by atoms with Crippen molar-refractivity contribution < 1.29 is 9.21 Å². The molecule has 2 aromatic heterocycles. The van der Waals surface area contributed by atoms with Gasteiger partial charge >= 0.3 is 0 Å². The van der Waals surface area contributed by atoms with E-state index in [4.69, 9.17) is 9.40 Å². The van der Waals surface area contributed by atoms with Crippen LogP contribution in [0.1, 0.15) is 11.3 Å². The fourth-order valence-electron chi connectivity index (χ4n) is 2.71. The van der Waals surface area contributed by atoms with Crippen LogP contribution in [-0.2, 0) is 4.79 Å². The van der Waals surface area contributed by atoms with Gasteiger partial charge in [0.25, 0.3) is 0 Å². The second kappa shape index (κ2) is 6.98. The molecule has 26 heavy (non-hydrogen) atoms. The monoisotopic (exact) mass is 360 g/mol. The normalized spacial score (nSPS) is 11.3. The molecule has 1 N–H and O–H groups in total. The van der Waals surface area contributed by atoms with Crippen LogP contribution in [-0.4, -0.2) is 10.9 Å². The molecule has 0 radical (unpaired) electrons.